The molecule has 0 amide bonds. The van der Waals surface area contributed by atoms with E-state index in [0.717, 1.165) is 5.92 Å². The monoisotopic (exact) mass is 205 g/mol. The number of hydrogen-bond acceptors (Lipinski definition) is 1. The lowest BCUT2D eigenvalue weighted by molar-refractivity contribution is 0.556. The standard InChI is InChI=1S/C14H23N/c1-11-7-3-5-9-13(11)15-14-10-6-4-8-12(14)2/h11H,3-10H2,1-2H3. The minimum absolute atomic E-state index is 0.737. The maximum atomic E-state index is 4.95. The molecule has 0 bridgehead atoms. The van der Waals surface area contributed by atoms with Crippen molar-refractivity contribution in [3.05, 3.63) is 11.3 Å². The van der Waals surface area contributed by atoms with E-state index >= 15 is 0 Å². The van der Waals surface area contributed by atoms with Crippen LogP contribution in [0, 0.1) is 5.92 Å². The van der Waals surface area contributed by atoms with Crippen LogP contribution < -0.4 is 0 Å². The van der Waals surface area contributed by atoms with E-state index in [2.05, 4.69) is 13.8 Å². The summed E-state index contributed by atoms with van der Waals surface area (Å²) in [6.45, 7) is 4.61. The lowest BCUT2D eigenvalue weighted by Gasteiger charge is -2.22. The summed E-state index contributed by atoms with van der Waals surface area (Å²) in [5.74, 6) is 0.737. The number of rotatable bonds is 1. The first-order valence-corrected chi connectivity index (χ1v) is 6.53. The average Bonchev–Trinajstić information content (AvgIpc) is 2.24. The molecule has 2 rings (SSSR count). The van der Waals surface area contributed by atoms with E-state index in [4.69, 9.17) is 4.99 Å². The van der Waals surface area contributed by atoms with Crippen molar-refractivity contribution in [1.82, 2.24) is 0 Å². The molecule has 1 nitrogen and oxygen atoms in total. The molecule has 0 N–H and O–H groups in total. The number of hydrogen-bond donors (Lipinski definition) is 0. The van der Waals surface area contributed by atoms with Gasteiger partial charge < -0.3 is 0 Å². The molecule has 2 aliphatic carbocycles. The second-order valence-electron chi connectivity index (χ2n) is 5.18. The SMILES string of the molecule is CC1=C(N=C2CCCCC2C)CCCC1. The largest absolute Gasteiger partial charge is 0.262 e. The fraction of sp³-hybridized carbons (Fsp3) is 0.786. The van der Waals surface area contributed by atoms with Crippen molar-refractivity contribution < 1.29 is 0 Å². The second kappa shape index (κ2) is 4.96. The Kier molecular flexibility index (Phi) is 3.61. The Labute approximate surface area is 93.7 Å². The normalized spacial score (nSPS) is 31.1. The van der Waals surface area contributed by atoms with Crippen molar-refractivity contribution in [2.24, 2.45) is 10.9 Å². The van der Waals surface area contributed by atoms with Crippen LogP contribution in [-0.4, -0.2) is 5.71 Å². The van der Waals surface area contributed by atoms with Crippen molar-refractivity contribution in [3.63, 3.8) is 0 Å². The van der Waals surface area contributed by atoms with Gasteiger partial charge in [-0.2, -0.15) is 0 Å². The zero-order valence-corrected chi connectivity index (χ0v) is 10.2. The molecule has 1 atom stereocenters. The highest BCUT2D eigenvalue weighted by molar-refractivity contribution is 5.88. The lowest BCUT2D eigenvalue weighted by Crippen LogP contribution is -2.16. The van der Waals surface area contributed by atoms with Crippen LogP contribution in [0.1, 0.15) is 65.2 Å². The first-order valence-electron chi connectivity index (χ1n) is 6.53. The third-order valence-corrected chi connectivity index (χ3v) is 3.88. The van der Waals surface area contributed by atoms with E-state index in [0.29, 0.717) is 0 Å². The van der Waals surface area contributed by atoms with E-state index < -0.39 is 0 Å². The van der Waals surface area contributed by atoms with Gasteiger partial charge in [0.15, 0.2) is 0 Å². The summed E-state index contributed by atoms with van der Waals surface area (Å²) in [6, 6.07) is 0. The zero-order chi connectivity index (χ0) is 10.7. The molecular weight excluding hydrogens is 182 g/mol. The molecular formula is C14H23N. The zero-order valence-electron chi connectivity index (χ0n) is 10.2. The Morgan fingerprint density at radius 1 is 1.00 bits per heavy atom. The highest BCUT2D eigenvalue weighted by atomic mass is 14.8. The van der Waals surface area contributed by atoms with Gasteiger partial charge >= 0.3 is 0 Å². The fourth-order valence-corrected chi connectivity index (χ4v) is 2.70. The van der Waals surface area contributed by atoms with Crippen molar-refractivity contribution >= 4 is 5.71 Å². The first kappa shape index (κ1) is 10.9. The molecule has 1 saturated carbocycles. The van der Waals surface area contributed by atoms with Crippen LogP contribution >= 0.6 is 0 Å². The van der Waals surface area contributed by atoms with Crippen LogP contribution in [0.3, 0.4) is 0 Å². The summed E-state index contributed by atoms with van der Waals surface area (Å²) in [7, 11) is 0. The number of allylic oxidation sites excluding steroid dienone is 2. The summed E-state index contributed by atoms with van der Waals surface area (Å²) in [4.78, 5) is 4.95. The van der Waals surface area contributed by atoms with Crippen LogP contribution in [0.5, 0.6) is 0 Å². The first-order chi connectivity index (χ1) is 7.27. The summed E-state index contributed by atoms with van der Waals surface area (Å²) in [5, 5.41) is 0. The molecule has 0 spiro atoms. The molecule has 1 unspecified atom stereocenters. The minimum Gasteiger partial charge on any atom is -0.262 e. The summed E-state index contributed by atoms with van der Waals surface area (Å²) in [5.41, 5.74) is 4.45. The molecule has 0 heterocycles. The predicted molar refractivity (Wildman–Crippen MR) is 66.2 cm³/mol. The maximum Gasteiger partial charge on any atom is 0.0392 e. The summed E-state index contributed by atoms with van der Waals surface area (Å²) in [6.07, 6.45) is 10.6. The van der Waals surface area contributed by atoms with Gasteiger partial charge in [0.25, 0.3) is 0 Å². The Bertz CT molecular complexity index is 286. The van der Waals surface area contributed by atoms with Gasteiger partial charge in [-0.3, -0.25) is 4.99 Å². The van der Waals surface area contributed by atoms with Crippen LogP contribution in [-0.2, 0) is 0 Å². The van der Waals surface area contributed by atoms with E-state index in [1.54, 1.807) is 5.57 Å². The van der Waals surface area contributed by atoms with E-state index in [1.807, 2.05) is 0 Å². The van der Waals surface area contributed by atoms with E-state index in [-0.39, 0.29) is 0 Å². The average molecular weight is 205 g/mol. The molecule has 0 aromatic carbocycles. The molecule has 15 heavy (non-hydrogen) atoms. The second-order valence-corrected chi connectivity index (χ2v) is 5.18. The molecule has 0 radical (unpaired) electrons. The topological polar surface area (TPSA) is 12.4 Å². The van der Waals surface area contributed by atoms with Crippen LogP contribution in [0.4, 0.5) is 0 Å². The molecule has 1 fully saturated rings. The maximum absolute atomic E-state index is 4.95. The van der Waals surface area contributed by atoms with Crippen LogP contribution in [0.25, 0.3) is 0 Å². The van der Waals surface area contributed by atoms with E-state index in [9.17, 15) is 0 Å². The van der Waals surface area contributed by atoms with Gasteiger partial charge in [0, 0.05) is 11.4 Å². The Morgan fingerprint density at radius 2 is 1.73 bits per heavy atom. The molecule has 2 aliphatic rings. The van der Waals surface area contributed by atoms with Gasteiger partial charge in [-0.25, -0.2) is 0 Å². The molecule has 0 aromatic heterocycles. The highest BCUT2D eigenvalue weighted by Crippen LogP contribution is 2.28. The third-order valence-electron chi connectivity index (χ3n) is 3.88. The van der Waals surface area contributed by atoms with Crippen molar-refractivity contribution in [1.29, 1.82) is 0 Å². The van der Waals surface area contributed by atoms with Crippen molar-refractivity contribution in [2.75, 3.05) is 0 Å². The summed E-state index contributed by atoms with van der Waals surface area (Å²) >= 11 is 0. The molecule has 1 heteroatoms. The van der Waals surface area contributed by atoms with Gasteiger partial charge in [0.2, 0.25) is 0 Å². The molecule has 84 valence electrons. The molecule has 0 aliphatic heterocycles. The van der Waals surface area contributed by atoms with Crippen molar-refractivity contribution in [3.8, 4) is 0 Å². The van der Waals surface area contributed by atoms with Crippen LogP contribution in [0.2, 0.25) is 0 Å². The van der Waals surface area contributed by atoms with Crippen molar-refractivity contribution in [2.45, 2.75) is 65.2 Å². The number of nitrogens with zero attached hydrogens (tertiary/aromatic N) is 1. The van der Waals surface area contributed by atoms with Gasteiger partial charge in [0.1, 0.15) is 0 Å². The Morgan fingerprint density at radius 3 is 2.47 bits per heavy atom. The number of aliphatic imine (C=N–C) groups is 1. The summed E-state index contributed by atoms with van der Waals surface area (Å²) < 4.78 is 0. The van der Waals surface area contributed by atoms with E-state index in [1.165, 1.54) is 62.8 Å². The van der Waals surface area contributed by atoms with Gasteiger partial charge in [-0.05, 0) is 57.8 Å². The van der Waals surface area contributed by atoms with Gasteiger partial charge in [-0.15, -0.1) is 0 Å². The Hall–Kier alpha value is -0.590. The smallest absolute Gasteiger partial charge is 0.0392 e. The predicted octanol–water partition coefficient (Wildman–Crippen LogP) is 4.49. The Balaban J connectivity index is 2.13. The minimum atomic E-state index is 0.737. The third kappa shape index (κ3) is 2.70. The van der Waals surface area contributed by atoms with Gasteiger partial charge in [0.05, 0.1) is 0 Å². The van der Waals surface area contributed by atoms with Gasteiger partial charge in [-0.1, -0.05) is 18.9 Å². The molecule has 0 saturated heterocycles. The fourth-order valence-electron chi connectivity index (χ4n) is 2.70. The highest BCUT2D eigenvalue weighted by Gasteiger charge is 2.17. The molecule has 0 aromatic rings. The quantitative estimate of drug-likeness (QED) is 0.598. The lowest BCUT2D eigenvalue weighted by atomic mass is 9.88. The van der Waals surface area contributed by atoms with Crippen LogP contribution in [0.15, 0.2) is 16.3 Å².